The molecule has 2 aromatic carbocycles. The van der Waals surface area contributed by atoms with Gasteiger partial charge in [-0.1, -0.05) is 49.2 Å². The first kappa shape index (κ1) is 28.7. The van der Waals surface area contributed by atoms with Crippen molar-refractivity contribution in [3.05, 3.63) is 66.2 Å². The van der Waals surface area contributed by atoms with E-state index in [9.17, 15) is 32.7 Å². The van der Waals surface area contributed by atoms with Gasteiger partial charge in [-0.15, -0.1) is 0 Å². The molecule has 41 heavy (non-hydrogen) atoms. The topological polar surface area (TPSA) is 162 Å². The zero-order valence-electron chi connectivity index (χ0n) is 22.2. The predicted molar refractivity (Wildman–Crippen MR) is 144 cm³/mol. The Bertz CT molecular complexity index is 1400. The number of rotatable bonds is 6. The van der Waals surface area contributed by atoms with Crippen LogP contribution >= 0.6 is 0 Å². The van der Waals surface area contributed by atoms with Crippen LogP contribution in [-0.4, -0.2) is 90.0 Å². The van der Waals surface area contributed by atoms with Gasteiger partial charge in [0.15, 0.2) is 0 Å². The molecule has 0 saturated carbocycles. The van der Waals surface area contributed by atoms with Crippen molar-refractivity contribution in [3.8, 4) is 0 Å². The molecule has 0 aliphatic carbocycles. The summed E-state index contributed by atoms with van der Waals surface area (Å²) in [5.41, 5.74) is 0.381. The number of nitrogens with zero attached hydrogens (tertiary/aromatic N) is 2. The molecule has 2 unspecified atom stereocenters. The molecular weight excluding hydrogens is 552 g/mol. The minimum atomic E-state index is -4.02. The third kappa shape index (κ3) is 6.11. The largest absolute Gasteiger partial charge is 0.434 e. The summed E-state index contributed by atoms with van der Waals surface area (Å²) in [6.45, 7) is -0.373. The van der Waals surface area contributed by atoms with Crippen molar-refractivity contribution in [2.24, 2.45) is 0 Å². The van der Waals surface area contributed by atoms with Gasteiger partial charge in [-0.05, 0) is 37.1 Å². The third-order valence-corrected chi connectivity index (χ3v) is 9.53. The Morgan fingerprint density at radius 1 is 0.902 bits per heavy atom. The minimum absolute atomic E-state index is 0.0280. The summed E-state index contributed by atoms with van der Waals surface area (Å²) in [5, 5.41) is 15.4. The van der Waals surface area contributed by atoms with Crippen molar-refractivity contribution in [2.75, 3.05) is 13.1 Å². The van der Waals surface area contributed by atoms with Crippen molar-refractivity contribution < 1.29 is 37.4 Å². The fourth-order valence-corrected chi connectivity index (χ4v) is 7.09. The van der Waals surface area contributed by atoms with Crippen LogP contribution in [0.4, 0.5) is 0 Å². The lowest BCUT2D eigenvalue weighted by atomic mass is 9.94. The molecular formula is C28H32N4O8S. The molecule has 3 fully saturated rings. The highest BCUT2D eigenvalue weighted by molar-refractivity contribution is 7.89. The Morgan fingerprint density at radius 2 is 1.56 bits per heavy atom. The lowest BCUT2D eigenvalue weighted by molar-refractivity contribution is -0.156. The number of carbonyl (C=O) groups is 4. The average molecular weight is 585 g/mol. The Labute approximate surface area is 237 Å². The fourth-order valence-electron chi connectivity index (χ4n) is 5.59. The Hall–Kier alpha value is -3.81. The molecule has 3 saturated heterocycles. The van der Waals surface area contributed by atoms with Crippen molar-refractivity contribution in [1.29, 1.82) is 0 Å². The van der Waals surface area contributed by atoms with Crippen LogP contribution in [0, 0.1) is 0 Å². The molecule has 12 nitrogen and oxygen atoms in total. The lowest BCUT2D eigenvalue weighted by Gasteiger charge is -2.47. The Morgan fingerprint density at radius 3 is 2.22 bits per heavy atom. The molecule has 3 aliphatic rings. The summed E-state index contributed by atoms with van der Waals surface area (Å²) in [6.07, 6.45) is 0.234. The van der Waals surface area contributed by atoms with Crippen LogP contribution in [-0.2, 0) is 29.1 Å². The summed E-state index contributed by atoms with van der Waals surface area (Å²) in [7, 11) is -4.02. The maximum Gasteiger partial charge on any atom is 0.310 e. The van der Waals surface area contributed by atoms with E-state index < -0.39 is 64.2 Å². The zero-order valence-corrected chi connectivity index (χ0v) is 23.0. The molecule has 2 aromatic rings. The summed E-state index contributed by atoms with van der Waals surface area (Å²) in [6, 6.07) is 12.4. The summed E-state index contributed by atoms with van der Waals surface area (Å²) in [4.78, 5) is 53.8. The number of sulfonamides is 1. The maximum absolute atomic E-state index is 14.0. The Balaban J connectivity index is 1.45. The number of carbonyl (C=O) groups excluding carboxylic acids is 4. The lowest BCUT2D eigenvalue weighted by Crippen LogP contribution is -2.68. The van der Waals surface area contributed by atoms with Crippen LogP contribution < -0.4 is 10.6 Å². The third-order valence-electron chi connectivity index (χ3n) is 7.69. The Kier molecular flexibility index (Phi) is 8.38. The first-order chi connectivity index (χ1) is 19.6. The molecule has 0 aromatic heterocycles. The number of aliphatic hydroxyl groups is 1. The molecule has 5 atom stereocenters. The van der Waals surface area contributed by atoms with E-state index in [1.54, 1.807) is 48.5 Å². The van der Waals surface area contributed by atoms with Gasteiger partial charge in [0.05, 0.1) is 11.3 Å². The number of aliphatic hydroxyl groups excluding tert-OH is 1. The maximum atomic E-state index is 14.0. The van der Waals surface area contributed by atoms with Gasteiger partial charge < -0.3 is 25.4 Å². The van der Waals surface area contributed by atoms with Crippen molar-refractivity contribution in [3.63, 3.8) is 0 Å². The SMILES string of the molecule is O=C1CC(NC(=O)[C@@H]2CN(S(=O)(=O)c3ccccc3)C[C@@H]3CCCC[C@H](NC(=O)c4ccccc4)C(=O)N32)C(O)O1. The summed E-state index contributed by atoms with van der Waals surface area (Å²) < 4.78 is 33.1. The number of esters is 1. The van der Waals surface area contributed by atoms with E-state index >= 15 is 0 Å². The summed E-state index contributed by atoms with van der Waals surface area (Å²) in [5.74, 6) is -2.34. The van der Waals surface area contributed by atoms with Gasteiger partial charge in [0.2, 0.25) is 28.1 Å². The number of ether oxygens (including phenoxy) is 1. The first-order valence-electron chi connectivity index (χ1n) is 13.6. The predicted octanol–water partition coefficient (Wildman–Crippen LogP) is 0.379. The van der Waals surface area contributed by atoms with Gasteiger partial charge in [-0.2, -0.15) is 4.31 Å². The highest BCUT2D eigenvalue weighted by atomic mass is 32.2. The van der Waals surface area contributed by atoms with Crippen LogP contribution in [0.3, 0.4) is 0 Å². The van der Waals surface area contributed by atoms with Crippen LogP contribution in [0.1, 0.15) is 42.5 Å². The van der Waals surface area contributed by atoms with E-state index in [2.05, 4.69) is 10.6 Å². The molecule has 13 heteroatoms. The van der Waals surface area contributed by atoms with E-state index in [4.69, 9.17) is 4.74 Å². The highest BCUT2D eigenvalue weighted by Gasteiger charge is 2.48. The van der Waals surface area contributed by atoms with E-state index in [0.717, 1.165) is 0 Å². The molecule has 5 rings (SSSR count). The van der Waals surface area contributed by atoms with Crippen LogP contribution in [0.15, 0.2) is 65.6 Å². The van der Waals surface area contributed by atoms with Gasteiger partial charge in [0.25, 0.3) is 5.91 Å². The van der Waals surface area contributed by atoms with Crippen molar-refractivity contribution in [1.82, 2.24) is 19.8 Å². The number of piperazine rings is 1. The summed E-state index contributed by atoms with van der Waals surface area (Å²) >= 11 is 0. The molecule has 3 heterocycles. The number of hydrogen-bond acceptors (Lipinski definition) is 8. The normalized spacial score (nSPS) is 27.2. The van der Waals surface area contributed by atoms with E-state index in [0.29, 0.717) is 31.2 Å². The number of amides is 3. The minimum Gasteiger partial charge on any atom is -0.434 e. The highest BCUT2D eigenvalue weighted by Crippen LogP contribution is 2.29. The molecule has 3 aliphatic heterocycles. The van der Waals surface area contributed by atoms with Crippen molar-refractivity contribution >= 4 is 33.7 Å². The quantitative estimate of drug-likeness (QED) is 0.411. The molecule has 0 bridgehead atoms. The van der Waals surface area contributed by atoms with Gasteiger partial charge >= 0.3 is 5.97 Å². The van der Waals surface area contributed by atoms with Gasteiger partial charge in [-0.25, -0.2) is 8.42 Å². The molecule has 3 N–H and O–H groups in total. The number of fused-ring (bicyclic) bond motifs is 1. The molecule has 0 spiro atoms. The smallest absolute Gasteiger partial charge is 0.310 e. The number of nitrogens with one attached hydrogen (secondary N) is 2. The second kappa shape index (κ2) is 12.0. The van der Waals surface area contributed by atoms with Gasteiger partial charge in [-0.3, -0.25) is 19.2 Å². The second-order valence-corrected chi connectivity index (χ2v) is 12.4. The number of hydrogen-bond donors (Lipinski definition) is 3. The molecule has 0 radical (unpaired) electrons. The first-order valence-corrected chi connectivity index (χ1v) is 15.0. The second-order valence-electron chi connectivity index (χ2n) is 10.4. The molecule has 3 amide bonds. The van der Waals surface area contributed by atoms with Gasteiger partial charge in [0.1, 0.15) is 18.1 Å². The fraction of sp³-hybridized carbons (Fsp3) is 0.429. The van der Waals surface area contributed by atoms with Crippen molar-refractivity contribution in [2.45, 2.75) is 67.5 Å². The standard InChI is InChI=1S/C28H32N4O8S/c33-24-15-22(28(37)40-24)30-26(35)23-17-31(41(38,39)20-12-5-2-6-13-20)16-19-11-7-8-14-21(27(36)32(19)23)29-25(34)18-9-3-1-4-10-18/h1-6,9-10,12-13,19,21-23,28,37H,7-8,11,14-17H2,(H,29,34)(H,30,35)/t19-,21-,22?,23-,28?/m0/s1. The van der Waals surface area contributed by atoms with Crippen LogP contribution in [0.5, 0.6) is 0 Å². The van der Waals surface area contributed by atoms with Crippen LogP contribution in [0.2, 0.25) is 0 Å². The van der Waals surface area contributed by atoms with Gasteiger partial charge in [0, 0.05) is 24.7 Å². The molecule has 218 valence electrons. The van der Waals surface area contributed by atoms with E-state index in [1.165, 1.54) is 21.3 Å². The number of cyclic esters (lactones) is 1. The average Bonchev–Trinajstić information content (AvgIpc) is 3.29. The van der Waals surface area contributed by atoms with E-state index in [-0.39, 0.29) is 24.4 Å². The monoisotopic (exact) mass is 584 g/mol. The van der Waals surface area contributed by atoms with E-state index in [1.807, 2.05) is 0 Å². The number of benzene rings is 2. The zero-order chi connectivity index (χ0) is 29.1. The van der Waals surface area contributed by atoms with Crippen LogP contribution in [0.25, 0.3) is 0 Å².